The average molecular weight is 295 g/mol. The van der Waals surface area contributed by atoms with Crippen molar-refractivity contribution in [3.05, 3.63) is 12.2 Å². The van der Waals surface area contributed by atoms with Gasteiger partial charge in [-0.05, 0) is 25.7 Å². The molecule has 1 aliphatic heterocycles. The van der Waals surface area contributed by atoms with Crippen molar-refractivity contribution in [1.82, 2.24) is 25.0 Å². The molecule has 0 radical (unpaired) electrons. The van der Waals surface area contributed by atoms with Gasteiger partial charge in [-0.1, -0.05) is 0 Å². The predicted octanol–water partition coefficient (Wildman–Crippen LogP) is 0.694. The van der Waals surface area contributed by atoms with E-state index in [2.05, 4.69) is 15.5 Å². The monoisotopic (exact) mass is 295 g/mol. The van der Waals surface area contributed by atoms with Crippen LogP contribution in [0.25, 0.3) is 0 Å². The first-order valence-corrected chi connectivity index (χ1v) is 7.21. The lowest BCUT2D eigenvalue weighted by Crippen LogP contribution is -2.38. The fourth-order valence-electron chi connectivity index (χ4n) is 2.53. The molecular weight excluding hydrogens is 274 g/mol. The maximum absolute atomic E-state index is 12.1. The molecule has 8 heteroatoms. The number of urea groups is 1. The molecule has 1 aromatic heterocycles. The summed E-state index contributed by atoms with van der Waals surface area (Å²) in [5.74, 6) is 0.232. The van der Waals surface area contributed by atoms with Crippen LogP contribution in [0, 0.1) is 5.92 Å². The quantitative estimate of drug-likeness (QED) is 0.804. The summed E-state index contributed by atoms with van der Waals surface area (Å²) < 4.78 is 1.87. The Balaban J connectivity index is 1.75. The highest BCUT2D eigenvalue weighted by Crippen LogP contribution is 2.20. The molecule has 1 unspecified atom stereocenters. The Morgan fingerprint density at radius 2 is 2.33 bits per heavy atom. The summed E-state index contributed by atoms with van der Waals surface area (Å²) in [5, 5.41) is 19.3. The van der Waals surface area contributed by atoms with Crippen LogP contribution in [0.5, 0.6) is 0 Å². The zero-order valence-electron chi connectivity index (χ0n) is 12.2. The van der Waals surface area contributed by atoms with Gasteiger partial charge in [-0.3, -0.25) is 4.79 Å². The number of aliphatic carboxylic acids is 1. The maximum atomic E-state index is 12.1. The van der Waals surface area contributed by atoms with Gasteiger partial charge in [0.2, 0.25) is 0 Å². The van der Waals surface area contributed by atoms with Crippen molar-refractivity contribution in [3.63, 3.8) is 0 Å². The minimum Gasteiger partial charge on any atom is -0.481 e. The van der Waals surface area contributed by atoms with Crippen LogP contribution >= 0.6 is 0 Å². The highest BCUT2D eigenvalue weighted by atomic mass is 16.4. The molecule has 0 aliphatic carbocycles. The van der Waals surface area contributed by atoms with Crippen molar-refractivity contribution in [1.29, 1.82) is 0 Å². The fourth-order valence-corrected chi connectivity index (χ4v) is 2.53. The molecule has 0 saturated carbocycles. The third-order valence-electron chi connectivity index (χ3n) is 3.77. The molecule has 21 heavy (non-hydrogen) atoms. The molecule has 2 rings (SSSR count). The number of likely N-dealkylation sites (tertiary alicyclic amines) is 1. The summed E-state index contributed by atoms with van der Waals surface area (Å²) in [6.07, 6.45) is 3.30. The van der Waals surface area contributed by atoms with Crippen LogP contribution in [0.4, 0.5) is 4.79 Å². The van der Waals surface area contributed by atoms with Gasteiger partial charge in [0.15, 0.2) is 5.82 Å². The zero-order chi connectivity index (χ0) is 15.2. The summed E-state index contributed by atoms with van der Waals surface area (Å²) in [5.41, 5.74) is 0. The van der Waals surface area contributed by atoms with Gasteiger partial charge in [-0.15, -0.1) is 10.2 Å². The lowest BCUT2D eigenvalue weighted by Gasteiger charge is -2.17. The maximum Gasteiger partial charge on any atom is 0.317 e. The van der Waals surface area contributed by atoms with Crippen molar-refractivity contribution in [2.24, 2.45) is 5.92 Å². The van der Waals surface area contributed by atoms with Gasteiger partial charge in [-0.2, -0.15) is 0 Å². The van der Waals surface area contributed by atoms with Gasteiger partial charge in [0, 0.05) is 26.1 Å². The van der Waals surface area contributed by atoms with Crippen LogP contribution in [0.15, 0.2) is 6.33 Å². The molecule has 0 aromatic carbocycles. The van der Waals surface area contributed by atoms with Crippen molar-refractivity contribution in [2.45, 2.75) is 39.3 Å². The molecule has 1 aliphatic rings. The SMILES string of the molecule is CCn1cnnc1CNC(=O)N1CCC(CCC(=O)O)C1. The second-order valence-electron chi connectivity index (χ2n) is 5.23. The van der Waals surface area contributed by atoms with E-state index in [1.54, 1.807) is 11.2 Å². The molecule has 8 nitrogen and oxygen atoms in total. The van der Waals surface area contributed by atoms with Crippen LogP contribution in [-0.2, 0) is 17.9 Å². The van der Waals surface area contributed by atoms with Gasteiger partial charge in [-0.25, -0.2) is 4.79 Å². The van der Waals surface area contributed by atoms with Crippen molar-refractivity contribution in [3.8, 4) is 0 Å². The molecule has 0 spiro atoms. The van der Waals surface area contributed by atoms with Gasteiger partial charge in [0.05, 0.1) is 6.54 Å². The number of rotatable bonds is 6. The topological polar surface area (TPSA) is 100 Å². The Kier molecular flexibility index (Phi) is 5.13. The van der Waals surface area contributed by atoms with E-state index in [1.165, 1.54) is 0 Å². The summed E-state index contributed by atoms with van der Waals surface area (Å²) in [7, 11) is 0. The molecule has 2 amide bonds. The summed E-state index contributed by atoms with van der Waals surface area (Å²) in [6, 6.07) is -0.126. The molecule has 2 N–H and O–H groups in total. The number of carbonyl (C=O) groups excluding carboxylic acids is 1. The fraction of sp³-hybridized carbons (Fsp3) is 0.692. The van der Waals surface area contributed by atoms with Crippen molar-refractivity contribution in [2.75, 3.05) is 13.1 Å². The minimum atomic E-state index is -0.781. The van der Waals surface area contributed by atoms with Crippen LogP contribution in [0.1, 0.15) is 32.0 Å². The van der Waals surface area contributed by atoms with Crippen LogP contribution < -0.4 is 5.32 Å². The number of carboxylic acid groups (broad SMARTS) is 1. The molecule has 1 saturated heterocycles. The van der Waals surface area contributed by atoms with Crippen LogP contribution in [-0.4, -0.2) is 49.9 Å². The number of hydrogen-bond acceptors (Lipinski definition) is 4. The van der Waals surface area contributed by atoms with Crippen molar-refractivity contribution < 1.29 is 14.7 Å². The van der Waals surface area contributed by atoms with E-state index in [0.29, 0.717) is 26.1 Å². The Morgan fingerprint density at radius 1 is 1.52 bits per heavy atom. The van der Waals surface area contributed by atoms with E-state index >= 15 is 0 Å². The van der Waals surface area contributed by atoms with Gasteiger partial charge >= 0.3 is 12.0 Å². The second kappa shape index (κ2) is 7.05. The molecule has 2 heterocycles. The number of aryl methyl sites for hydroxylation is 1. The number of carboxylic acids is 1. The number of aromatic nitrogens is 3. The van der Waals surface area contributed by atoms with Gasteiger partial charge in [0.25, 0.3) is 0 Å². The number of carbonyl (C=O) groups is 2. The number of nitrogens with zero attached hydrogens (tertiary/aromatic N) is 4. The second-order valence-corrected chi connectivity index (χ2v) is 5.23. The number of amides is 2. The number of hydrogen-bond donors (Lipinski definition) is 2. The first kappa shape index (κ1) is 15.3. The molecule has 116 valence electrons. The lowest BCUT2D eigenvalue weighted by atomic mass is 10.0. The Bertz CT molecular complexity index is 502. The Morgan fingerprint density at radius 3 is 3.05 bits per heavy atom. The lowest BCUT2D eigenvalue weighted by molar-refractivity contribution is -0.137. The molecule has 0 bridgehead atoms. The van der Waals surface area contributed by atoms with Gasteiger partial charge < -0.3 is 19.9 Å². The van der Waals surface area contributed by atoms with E-state index in [-0.39, 0.29) is 18.4 Å². The zero-order valence-corrected chi connectivity index (χ0v) is 12.2. The van der Waals surface area contributed by atoms with Crippen LogP contribution in [0.2, 0.25) is 0 Å². The third-order valence-corrected chi connectivity index (χ3v) is 3.77. The Hall–Kier alpha value is -2.12. The Labute approximate surface area is 123 Å². The predicted molar refractivity (Wildman–Crippen MR) is 74.5 cm³/mol. The normalized spacial score (nSPS) is 18.0. The van der Waals surface area contributed by atoms with E-state index in [9.17, 15) is 9.59 Å². The third kappa shape index (κ3) is 4.17. The molecule has 1 aromatic rings. The van der Waals surface area contributed by atoms with Crippen LogP contribution in [0.3, 0.4) is 0 Å². The summed E-state index contributed by atoms with van der Waals surface area (Å²) in [4.78, 5) is 24.4. The van der Waals surface area contributed by atoms with E-state index in [1.807, 2.05) is 11.5 Å². The molecular formula is C13H21N5O3. The first-order chi connectivity index (χ1) is 10.1. The first-order valence-electron chi connectivity index (χ1n) is 7.21. The summed E-state index contributed by atoms with van der Waals surface area (Å²) >= 11 is 0. The smallest absolute Gasteiger partial charge is 0.317 e. The van der Waals surface area contributed by atoms with Crippen molar-refractivity contribution >= 4 is 12.0 Å². The standard InChI is InChI=1S/C13H21N5O3/c1-2-17-9-15-16-11(17)7-14-13(21)18-6-5-10(8-18)3-4-12(19)20/h9-10H,2-8H2,1H3,(H,14,21)(H,19,20). The largest absolute Gasteiger partial charge is 0.481 e. The molecule has 1 atom stereocenters. The minimum absolute atomic E-state index is 0.126. The van der Waals surface area contributed by atoms with E-state index in [4.69, 9.17) is 5.11 Å². The highest BCUT2D eigenvalue weighted by Gasteiger charge is 2.26. The molecule has 1 fully saturated rings. The average Bonchev–Trinajstić information content (AvgIpc) is 3.11. The summed E-state index contributed by atoms with van der Waals surface area (Å²) in [6.45, 7) is 4.40. The highest BCUT2D eigenvalue weighted by molar-refractivity contribution is 5.74. The van der Waals surface area contributed by atoms with E-state index < -0.39 is 5.97 Å². The number of nitrogens with one attached hydrogen (secondary N) is 1. The van der Waals surface area contributed by atoms with E-state index in [0.717, 1.165) is 18.8 Å². The van der Waals surface area contributed by atoms with Gasteiger partial charge in [0.1, 0.15) is 6.33 Å².